The highest BCUT2D eigenvalue weighted by Gasteiger charge is 2.16. The maximum Gasteiger partial charge on any atom is 0.119 e. The van der Waals surface area contributed by atoms with E-state index in [9.17, 15) is 0 Å². The first-order valence-electron chi connectivity index (χ1n) is 5.68. The Morgan fingerprint density at radius 3 is 2.74 bits per heavy atom. The van der Waals surface area contributed by atoms with Crippen LogP contribution in [0.3, 0.4) is 0 Å². The van der Waals surface area contributed by atoms with Gasteiger partial charge in [-0.25, -0.2) is 0 Å². The van der Waals surface area contributed by atoms with E-state index in [0.29, 0.717) is 0 Å². The largest absolute Gasteiger partial charge is 0.497 e. The smallest absolute Gasteiger partial charge is 0.119 e. The third kappa shape index (κ3) is 3.79. The normalized spacial score (nSPS) is 12.4. The van der Waals surface area contributed by atoms with Crippen LogP contribution >= 0.6 is 43.2 Å². The molecule has 0 aliphatic carbocycles. The first-order chi connectivity index (χ1) is 9.13. The van der Waals surface area contributed by atoms with Crippen LogP contribution < -0.4 is 16.0 Å². The molecule has 2 aromatic rings. The van der Waals surface area contributed by atoms with Gasteiger partial charge < -0.3 is 4.74 Å². The van der Waals surface area contributed by atoms with Gasteiger partial charge in [0.2, 0.25) is 0 Å². The van der Waals surface area contributed by atoms with E-state index in [0.717, 1.165) is 25.3 Å². The Morgan fingerprint density at radius 2 is 2.16 bits per heavy atom. The average molecular weight is 406 g/mol. The fraction of sp³-hybridized carbons (Fsp3) is 0.231. The van der Waals surface area contributed by atoms with Crippen molar-refractivity contribution in [2.24, 2.45) is 5.84 Å². The summed E-state index contributed by atoms with van der Waals surface area (Å²) < 4.78 is 7.41. The standard InChI is InChI=1S/C13H14Br2N2OS/c1-18-9-4-2-3-8(5-9)6-11(17-16)10-7-12(14)19-13(10)15/h2-5,7,11,17H,6,16H2,1H3. The number of hydrazine groups is 1. The van der Waals surface area contributed by atoms with Crippen LogP contribution in [0.5, 0.6) is 5.75 Å². The van der Waals surface area contributed by atoms with Gasteiger partial charge in [0.05, 0.1) is 20.7 Å². The fourth-order valence-electron chi connectivity index (χ4n) is 1.88. The van der Waals surface area contributed by atoms with E-state index in [2.05, 4.69) is 49.4 Å². The Bertz CT molecular complexity index is 559. The molecule has 3 N–H and O–H groups in total. The van der Waals surface area contributed by atoms with E-state index in [1.54, 1.807) is 18.4 Å². The highest BCUT2D eigenvalue weighted by molar-refractivity contribution is 9.12. The number of ether oxygens (including phenoxy) is 1. The molecule has 2 rings (SSSR count). The molecule has 0 spiro atoms. The van der Waals surface area contributed by atoms with Crippen molar-refractivity contribution >= 4 is 43.2 Å². The molecular weight excluding hydrogens is 392 g/mol. The third-order valence-corrected chi connectivity index (χ3v) is 5.22. The molecule has 1 aromatic carbocycles. The van der Waals surface area contributed by atoms with E-state index in [1.165, 1.54) is 5.56 Å². The summed E-state index contributed by atoms with van der Waals surface area (Å²) in [5.74, 6) is 6.55. The van der Waals surface area contributed by atoms with Gasteiger partial charge in [0.15, 0.2) is 0 Å². The molecule has 0 bridgehead atoms. The zero-order chi connectivity index (χ0) is 13.8. The van der Waals surface area contributed by atoms with Crippen LogP contribution in [-0.2, 0) is 6.42 Å². The van der Waals surface area contributed by atoms with Crippen LogP contribution in [0, 0.1) is 0 Å². The van der Waals surface area contributed by atoms with E-state index < -0.39 is 0 Å². The molecule has 1 aromatic heterocycles. The molecule has 0 saturated heterocycles. The molecule has 6 heteroatoms. The van der Waals surface area contributed by atoms with Gasteiger partial charge in [0, 0.05) is 0 Å². The number of hydrogen-bond donors (Lipinski definition) is 2. The van der Waals surface area contributed by atoms with Gasteiger partial charge in [0.1, 0.15) is 5.75 Å². The minimum atomic E-state index is 0.0593. The van der Waals surface area contributed by atoms with Gasteiger partial charge >= 0.3 is 0 Å². The van der Waals surface area contributed by atoms with Crippen LogP contribution in [0.25, 0.3) is 0 Å². The maximum atomic E-state index is 5.69. The lowest BCUT2D eigenvalue weighted by Crippen LogP contribution is -2.29. The number of thiophene rings is 1. The van der Waals surface area contributed by atoms with Crippen molar-refractivity contribution in [1.29, 1.82) is 0 Å². The van der Waals surface area contributed by atoms with Crippen molar-refractivity contribution in [2.75, 3.05) is 7.11 Å². The number of halogens is 2. The van der Waals surface area contributed by atoms with Gasteiger partial charge in [-0.1, -0.05) is 12.1 Å². The molecule has 0 aliphatic rings. The third-order valence-electron chi connectivity index (χ3n) is 2.83. The van der Waals surface area contributed by atoms with Gasteiger partial charge in [-0.15, -0.1) is 11.3 Å². The molecule has 0 fully saturated rings. The van der Waals surface area contributed by atoms with Gasteiger partial charge in [-0.05, 0) is 67.6 Å². The minimum absolute atomic E-state index is 0.0593. The van der Waals surface area contributed by atoms with E-state index in [4.69, 9.17) is 10.6 Å². The molecule has 1 unspecified atom stereocenters. The Morgan fingerprint density at radius 1 is 1.37 bits per heavy atom. The average Bonchev–Trinajstić information content (AvgIpc) is 2.75. The van der Waals surface area contributed by atoms with Gasteiger partial charge in [0.25, 0.3) is 0 Å². The molecule has 102 valence electrons. The lowest BCUT2D eigenvalue weighted by molar-refractivity contribution is 0.414. The second-order valence-corrected chi connectivity index (χ2v) is 7.80. The van der Waals surface area contributed by atoms with Crippen molar-refractivity contribution in [3.8, 4) is 5.75 Å². The number of rotatable bonds is 5. The molecule has 19 heavy (non-hydrogen) atoms. The maximum absolute atomic E-state index is 5.69. The lowest BCUT2D eigenvalue weighted by Gasteiger charge is -2.16. The van der Waals surface area contributed by atoms with E-state index in [-0.39, 0.29) is 6.04 Å². The van der Waals surface area contributed by atoms with E-state index in [1.807, 2.05) is 18.2 Å². The van der Waals surface area contributed by atoms with E-state index >= 15 is 0 Å². The monoisotopic (exact) mass is 404 g/mol. The molecule has 1 heterocycles. The molecule has 0 radical (unpaired) electrons. The van der Waals surface area contributed by atoms with Gasteiger partial charge in [-0.2, -0.15) is 0 Å². The summed E-state index contributed by atoms with van der Waals surface area (Å²) in [7, 11) is 1.67. The number of nitrogens with two attached hydrogens (primary N) is 1. The predicted molar refractivity (Wildman–Crippen MR) is 86.5 cm³/mol. The summed E-state index contributed by atoms with van der Waals surface area (Å²) in [4.78, 5) is 0. The topological polar surface area (TPSA) is 47.3 Å². The van der Waals surface area contributed by atoms with Crippen molar-refractivity contribution in [3.63, 3.8) is 0 Å². The van der Waals surface area contributed by atoms with Crippen molar-refractivity contribution in [2.45, 2.75) is 12.5 Å². The highest BCUT2D eigenvalue weighted by atomic mass is 79.9. The molecule has 0 amide bonds. The number of nitrogens with one attached hydrogen (secondary N) is 1. The highest BCUT2D eigenvalue weighted by Crippen LogP contribution is 2.36. The van der Waals surface area contributed by atoms with Crippen LogP contribution in [-0.4, -0.2) is 7.11 Å². The fourth-order valence-corrected chi connectivity index (χ4v) is 4.86. The van der Waals surface area contributed by atoms with Crippen molar-refractivity contribution in [3.05, 3.63) is 49.0 Å². The van der Waals surface area contributed by atoms with Crippen LogP contribution in [0.4, 0.5) is 0 Å². The molecule has 0 aliphatic heterocycles. The summed E-state index contributed by atoms with van der Waals surface area (Å²) in [5.41, 5.74) is 5.21. The number of benzene rings is 1. The number of hydrogen-bond acceptors (Lipinski definition) is 4. The lowest BCUT2D eigenvalue weighted by atomic mass is 10.0. The van der Waals surface area contributed by atoms with Crippen molar-refractivity contribution < 1.29 is 4.74 Å². The first kappa shape index (κ1) is 15.0. The quantitative estimate of drug-likeness (QED) is 0.583. The summed E-state index contributed by atoms with van der Waals surface area (Å²) in [5, 5.41) is 0. The zero-order valence-corrected chi connectivity index (χ0v) is 14.3. The Hall–Kier alpha value is -0.400. The number of methoxy groups -OCH3 is 1. The SMILES string of the molecule is COc1cccc(CC(NN)c2cc(Br)sc2Br)c1. The minimum Gasteiger partial charge on any atom is -0.497 e. The second kappa shape index (κ2) is 6.85. The molecule has 0 saturated carbocycles. The molecular formula is C13H14Br2N2OS. The predicted octanol–water partition coefficient (Wildman–Crippen LogP) is 4.03. The van der Waals surface area contributed by atoms with Gasteiger partial charge in [-0.3, -0.25) is 11.3 Å². The van der Waals surface area contributed by atoms with Crippen LogP contribution in [0.1, 0.15) is 17.2 Å². The summed E-state index contributed by atoms with van der Waals surface area (Å²) in [6.45, 7) is 0. The first-order valence-corrected chi connectivity index (χ1v) is 8.08. The summed E-state index contributed by atoms with van der Waals surface area (Å²) in [6, 6.07) is 10.2. The van der Waals surface area contributed by atoms with Crippen molar-refractivity contribution in [1.82, 2.24) is 5.43 Å². The molecule has 1 atom stereocenters. The zero-order valence-electron chi connectivity index (χ0n) is 10.3. The van der Waals surface area contributed by atoms with Crippen LogP contribution in [0.2, 0.25) is 0 Å². The Labute approximate surface area is 133 Å². The summed E-state index contributed by atoms with van der Waals surface area (Å²) >= 11 is 8.70. The Balaban J connectivity index is 2.21. The van der Waals surface area contributed by atoms with Crippen LogP contribution in [0.15, 0.2) is 37.9 Å². The molecule has 3 nitrogen and oxygen atoms in total. The Kier molecular flexibility index (Phi) is 5.41. The summed E-state index contributed by atoms with van der Waals surface area (Å²) in [6.07, 6.45) is 0.801. The second-order valence-electron chi connectivity index (χ2n) is 4.05.